The Morgan fingerprint density at radius 3 is 2.96 bits per heavy atom. The van der Waals surface area contributed by atoms with Gasteiger partial charge in [-0.25, -0.2) is 9.18 Å². The van der Waals surface area contributed by atoms with Crippen LogP contribution in [0.15, 0.2) is 41.1 Å². The lowest BCUT2D eigenvalue weighted by Gasteiger charge is -2.08. The van der Waals surface area contributed by atoms with E-state index in [9.17, 15) is 9.18 Å². The van der Waals surface area contributed by atoms with E-state index in [1.54, 1.807) is 22.9 Å². The molecule has 2 N–H and O–H groups in total. The van der Waals surface area contributed by atoms with E-state index >= 15 is 0 Å². The van der Waals surface area contributed by atoms with E-state index in [1.807, 2.05) is 13.2 Å². The van der Waals surface area contributed by atoms with Crippen LogP contribution in [0.25, 0.3) is 11.3 Å². The van der Waals surface area contributed by atoms with Crippen LogP contribution < -0.4 is 10.6 Å². The van der Waals surface area contributed by atoms with Crippen LogP contribution in [0.4, 0.5) is 15.0 Å². The highest BCUT2D eigenvalue weighted by Crippen LogP contribution is 2.41. The summed E-state index contributed by atoms with van der Waals surface area (Å²) in [6.45, 7) is 0.367. The van der Waals surface area contributed by atoms with Gasteiger partial charge in [-0.2, -0.15) is 5.10 Å². The first kappa shape index (κ1) is 16.3. The van der Waals surface area contributed by atoms with Crippen LogP contribution in [0, 0.1) is 5.82 Å². The average molecular weight is 355 g/mol. The number of rotatable bonds is 5. The van der Waals surface area contributed by atoms with Crippen LogP contribution in [0.2, 0.25) is 0 Å². The van der Waals surface area contributed by atoms with Gasteiger partial charge in [0, 0.05) is 13.1 Å². The second-order valence-electron chi connectivity index (χ2n) is 6.31. The van der Waals surface area contributed by atoms with E-state index in [0.29, 0.717) is 12.5 Å². The third-order valence-electron chi connectivity index (χ3n) is 4.42. The molecule has 1 aromatic carbocycles. The standard InChI is InChI=1S/C18H18FN5O2/c1-24-15(13(9-21-24)11-6-7-11)10-20-18(25)22-17-8-16(26-23-17)12-4-2-3-5-14(12)19/h2-5,8-9,11H,6-7,10H2,1H3,(H2,20,22,23,25). The van der Waals surface area contributed by atoms with E-state index in [2.05, 4.69) is 20.9 Å². The number of hydrogen-bond donors (Lipinski definition) is 2. The van der Waals surface area contributed by atoms with Crippen molar-refractivity contribution < 1.29 is 13.7 Å². The zero-order valence-electron chi connectivity index (χ0n) is 14.2. The third-order valence-corrected chi connectivity index (χ3v) is 4.42. The maximum absolute atomic E-state index is 13.8. The van der Waals surface area contributed by atoms with Gasteiger partial charge in [0.15, 0.2) is 11.6 Å². The number of halogens is 1. The number of hydrogen-bond acceptors (Lipinski definition) is 4. The maximum Gasteiger partial charge on any atom is 0.320 e. The topological polar surface area (TPSA) is 85.0 Å². The fourth-order valence-corrected chi connectivity index (χ4v) is 2.88. The summed E-state index contributed by atoms with van der Waals surface area (Å²) in [5.74, 6) is 0.611. The van der Waals surface area contributed by atoms with E-state index < -0.39 is 11.8 Å². The third kappa shape index (κ3) is 3.30. The average Bonchev–Trinajstić information content (AvgIpc) is 3.26. The van der Waals surface area contributed by atoms with Gasteiger partial charge in [0.1, 0.15) is 5.82 Å². The quantitative estimate of drug-likeness (QED) is 0.734. The maximum atomic E-state index is 13.8. The molecule has 0 spiro atoms. The Kier molecular flexibility index (Phi) is 4.16. The van der Waals surface area contributed by atoms with Crippen molar-refractivity contribution >= 4 is 11.8 Å². The minimum Gasteiger partial charge on any atom is -0.354 e. The highest BCUT2D eigenvalue weighted by atomic mass is 19.1. The molecule has 134 valence electrons. The number of carbonyl (C=O) groups excluding carboxylic acids is 1. The van der Waals surface area contributed by atoms with Gasteiger partial charge >= 0.3 is 6.03 Å². The Bertz CT molecular complexity index is 945. The van der Waals surface area contributed by atoms with Gasteiger partial charge in [-0.15, -0.1) is 0 Å². The Balaban J connectivity index is 1.39. The molecule has 0 unspecified atom stereocenters. The Morgan fingerprint density at radius 1 is 1.38 bits per heavy atom. The van der Waals surface area contributed by atoms with Crippen LogP contribution >= 0.6 is 0 Å². The fraction of sp³-hybridized carbons (Fsp3) is 0.278. The van der Waals surface area contributed by atoms with Gasteiger partial charge in [0.05, 0.1) is 24.0 Å². The van der Waals surface area contributed by atoms with E-state index in [-0.39, 0.29) is 17.1 Å². The molecule has 3 aromatic rings. The predicted molar refractivity (Wildman–Crippen MR) is 92.9 cm³/mol. The number of benzene rings is 1. The van der Waals surface area contributed by atoms with E-state index in [1.165, 1.54) is 30.5 Å². The number of aryl methyl sites for hydroxylation is 1. The highest BCUT2D eigenvalue weighted by Gasteiger charge is 2.28. The van der Waals surface area contributed by atoms with Gasteiger partial charge < -0.3 is 9.84 Å². The zero-order chi connectivity index (χ0) is 18.1. The fourth-order valence-electron chi connectivity index (χ4n) is 2.88. The van der Waals surface area contributed by atoms with Crippen molar-refractivity contribution in [2.24, 2.45) is 7.05 Å². The summed E-state index contributed by atoms with van der Waals surface area (Å²) in [6.07, 6.45) is 4.20. The number of amides is 2. The Labute approximate surface area is 149 Å². The number of nitrogens with zero attached hydrogens (tertiary/aromatic N) is 3. The molecule has 4 rings (SSSR count). The summed E-state index contributed by atoms with van der Waals surface area (Å²) in [7, 11) is 1.86. The van der Waals surface area contributed by atoms with Gasteiger partial charge in [-0.3, -0.25) is 10.00 Å². The summed E-state index contributed by atoms with van der Waals surface area (Å²) in [5, 5.41) is 13.4. The summed E-state index contributed by atoms with van der Waals surface area (Å²) < 4.78 is 20.7. The number of carbonyl (C=O) groups is 1. The molecular weight excluding hydrogens is 337 g/mol. The number of aromatic nitrogens is 3. The Morgan fingerprint density at radius 2 is 2.19 bits per heavy atom. The molecular formula is C18H18FN5O2. The summed E-state index contributed by atoms with van der Waals surface area (Å²) >= 11 is 0. The van der Waals surface area contributed by atoms with Crippen molar-refractivity contribution in [3.05, 3.63) is 53.6 Å². The largest absolute Gasteiger partial charge is 0.354 e. The molecule has 0 bridgehead atoms. The smallest absolute Gasteiger partial charge is 0.320 e. The number of urea groups is 1. The molecule has 1 aliphatic rings. The molecule has 1 fully saturated rings. The molecule has 2 amide bonds. The minimum absolute atomic E-state index is 0.216. The molecule has 26 heavy (non-hydrogen) atoms. The summed E-state index contributed by atoms with van der Waals surface area (Å²) in [4.78, 5) is 12.1. The number of anilines is 1. The second-order valence-corrected chi connectivity index (χ2v) is 6.31. The van der Waals surface area contributed by atoms with Crippen LogP contribution in [0.3, 0.4) is 0 Å². The molecule has 8 heteroatoms. The highest BCUT2D eigenvalue weighted by molar-refractivity contribution is 5.88. The molecule has 0 aliphatic heterocycles. The van der Waals surface area contributed by atoms with Crippen LogP contribution in [-0.4, -0.2) is 21.0 Å². The first-order valence-corrected chi connectivity index (χ1v) is 8.39. The molecule has 0 atom stereocenters. The lowest BCUT2D eigenvalue weighted by molar-refractivity contribution is 0.251. The van der Waals surface area contributed by atoms with Crippen molar-refractivity contribution in [2.75, 3.05) is 5.32 Å². The van der Waals surface area contributed by atoms with Gasteiger partial charge in [0.2, 0.25) is 0 Å². The van der Waals surface area contributed by atoms with Crippen molar-refractivity contribution in [2.45, 2.75) is 25.3 Å². The summed E-state index contributed by atoms with van der Waals surface area (Å²) in [6, 6.07) is 7.28. The predicted octanol–water partition coefficient (Wildman–Crippen LogP) is 3.41. The molecule has 0 radical (unpaired) electrons. The van der Waals surface area contributed by atoms with Crippen molar-refractivity contribution in [1.82, 2.24) is 20.3 Å². The lowest BCUT2D eigenvalue weighted by atomic mass is 10.1. The normalized spacial score (nSPS) is 13.6. The van der Waals surface area contributed by atoms with E-state index in [0.717, 1.165) is 5.69 Å². The number of nitrogens with one attached hydrogen (secondary N) is 2. The lowest BCUT2D eigenvalue weighted by Crippen LogP contribution is -2.29. The zero-order valence-corrected chi connectivity index (χ0v) is 14.2. The van der Waals surface area contributed by atoms with Crippen LogP contribution in [0.5, 0.6) is 0 Å². The molecule has 2 aromatic heterocycles. The van der Waals surface area contributed by atoms with Crippen molar-refractivity contribution in [1.29, 1.82) is 0 Å². The summed E-state index contributed by atoms with van der Waals surface area (Å²) in [5.41, 5.74) is 2.48. The van der Waals surface area contributed by atoms with Gasteiger partial charge in [-0.05, 0) is 36.5 Å². The van der Waals surface area contributed by atoms with E-state index in [4.69, 9.17) is 4.52 Å². The van der Waals surface area contributed by atoms with Gasteiger partial charge in [-0.1, -0.05) is 17.3 Å². The van der Waals surface area contributed by atoms with Crippen molar-refractivity contribution in [3.8, 4) is 11.3 Å². The van der Waals surface area contributed by atoms with Crippen LogP contribution in [-0.2, 0) is 13.6 Å². The van der Waals surface area contributed by atoms with Crippen LogP contribution in [0.1, 0.15) is 30.0 Å². The monoisotopic (exact) mass is 355 g/mol. The molecule has 2 heterocycles. The SMILES string of the molecule is Cn1ncc(C2CC2)c1CNC(=O)Nc1cc(-c2ccccc2F)on1. The van der Waals surface area contributed by atoms with Gasteiger partial charge in [0.25, 0.3) is 0 Å². The van der Waals surface area contributed by atoms with Crippen molar-refractivity contribution in [3.63, 3.8) is 0 Å². The first-order chi connectivity index (χ1) is 12.6. The second kappa shape index (κ2) is 6.62. The molecule has 0 saturated heterocycles. The molecule has 1 saturated carbocycles. The minimum atomic E-state index is -0.415. The first-order valence-electron chi connectivity index (χ1n) is 8.39. The molecule has 1 aliphatic carbocycles. The molecule has 7 nitrogen and oxygen atoms in total. The Hall–Kier alpha value is -3.16.